The molecule has 2 N–H and O–H groups in total. The summed E-state index contributed by atoms with van der Waals surface area (Å²) in [7, 11) is 0. The van der Waals surface area contributed by atoms with Crippen molar-refractivity contribution in [2.75, 3.05) is 31.1 Å². The van der Waals surface area contributed by atoms with Crippen LogP contribution in [0, 0.1) is 5.41 Å². The molecule has 1 spiro atoms. The smallest absolute Gasteiger partial charge is 0.320 e. The van der Waals surface area contributed by atoms with Gasteiger partial charge in [-0.25, -0.2) is 15.0 Å². The number of anilines is 1. The number of aliphatic carboxylic acids is 1. The van der Waals surface area contributed by atoms with Crippen LogP contribution in [-0.2, 0) is 4.79 Å². The fraction of sp³-hybridized carbons (Fsp3) is 0.647. The summed E-state index contributed by atoms with van der Waals surface area (Å²) >= 11 is 0. The lowest BCUT2D eigenvalue weighted by Crippen LogP contribution is -2.42. The second-order valence-corrected chi connectivity index (χ2v) is 7.31. The lowest BCUT2D eigenvalue weighted by molar-refractivity contribution is -0.142. The largest absolute Gasteiger partial charge is 0.480 e. The molecule has 2 aliphatic rings. The molecule has 2 aliphatic heterocycles. The minimum absolute atomic E-state index is 0.120. The third-order valence-electron chi connectivity index (χ3n) is 5.73. The van der Waals surface area contributed by atoms with Gasteiger partial charge in [0.1, 0.15) is 17.9 Å². The molecule has 0 unspecified atom stereocenters. The first-order valence-electron chi connectivity index (χ1n) is 8.98. The number of imidazole rings is 1. The maximum Gasteiger partial charge on any atom is 0.320 e. The van der Waals surface area contributed by atoms with E-state index in [9.17, 15) is 9.90 Å². The third-order valence-corrected chi connectivity index (χ3v) is 5.73. The van der Waals surface area contributed by atoms with Crippen molar-refractivity contribution in [1.29, 1.82) is 0 Å². The number of fused-ring (bicyclic) bond motifs is 1. The molecule has 1 atom stereocenters. The van der Waals surface area contributed by atoms with Crippen LogP contribution < -0.4 is 4.90 Å². The van der Waals surface area contributed by atoms with E-state index in [2.05, 4.69) is 36.7 Å². The van der Waals surface area contributed by atoms with Gasteiger partial charge >= 0.3 is 5.97 Å². The van der Waals surface area contributed by atoms with Crippen molar-refractivity contribution in [2.45, 2.75) is 38.6 Å². The van der Waals surface area contributed by atoms with Gasteiger partial charge in [0.25, 0.3) is 0 Å². The highest BCUT2D eigenvalue weighted by atomic mass is 16.4. The van der Waals surface area contributed by atoms with Crippen LogP contribution in [0.1, 0.15) is 32.6 Å². The lowest BCUT2D eigenvalue weighted by atomic mass is 9.76. The van der Waals surface area contributed by atoms with Crippen molar-refractivity contribution in [3.8, 4) is 0 Å². The van der Waals surface area contributed by atoms with Crippen LogP contribution in [0.15, 0.2) is 12.7 Å². The number of hydrogen-bond acceptors (Lipinski definition) is 6. The number of nitrogens with zero attached hydrogens (tertiary/aromatic N) is 5. The van der Waals surface area contributed by atoms with E-state index in [-0.39, 0.29) is 11.5 Å². The number of carboxylic acids is 1. The topological polar surface area (TPSA) is 98.2 Å². The van der Waals surface area contributed by atoms with E-state index in [1.165, 1.54) is 0 Å². The summed E-state index contributed by atoms with van der Waals surface area (Å²) in [6, 6.07) is -0.329. The molecule has 8 nitrogen and oxygen atoms in total. The highest BCUT2D eigenvalue weighted by molar-refractivity contribution is 5.82. The lowest BCUT2D eigenvalue weighted by Gasteiger charge is -2.39. The van der Waals surface area contributed by atoms with E-state index in [0.29, 0.717) is 5.65 Å². The second kappa shape index (κ2) is 6.25. The predicted molar refractivity (Wildman–Crippen MR) is 93.5 cm³/mol. The van der Waals surface area contributed by atoms with Crippen LogP contribution in [0.5, 0.6) is 0 Å². The average molecular weight is 344 g/mol. The molecule has 0 bridgehead atoms. The van der Waals surface area contributed by atoms with Crippen LogP contribution in [0.4, 0.5) is 5.82 Å². The molecule has 2 aromatic rings. The first kappa shape index (κ1) is 16.3. The number of nitrogens with one attached hydrogen (secondary N) is 1. The summed E-state index contributed by atoms with van der Waals surface area (Å²) in [4.78, 5) is 32.0. The number of aromatic amines is 1. The molecule has 0 aliphatic carbocycles. The van der Waals surface area contributed by atoms with Gasteiger partial charge in [-0.2, -0.15) is 0 Å². The van der Waals surface area contributed by atoms with E-state index in [1.807, 2.05) is 0 Å². The van der Waals surface area contributed by atoms with Gasteiger partial charge in [0.05, 0.1) is 6.33 Å². The third kappa shape index (κ3) is 2.84. The van der Waals surface area contributed by atoms with Gasteiger partial charge < -0.3 is 15.0 Å². The fourth-order valence-corrected chi connectivity index (χ4v) is 4.46. The minimum Gasteiger partial charge on any atom is -0.480 e. The van der Waals surface area contributed by atoms with E-state index in [0.717, 1.165) is 63.2 Å². The Morgan fingerprint density at radius 2 is 2.16 bits per heavy atom. The molecule has 8 heteroatoms. The monoisotopic (exact) mass is 344 g/mol. The molecular formula is C17H24N6O2. The van der Waals surface area contributed by atoms with Gasteiger partial charge in [-0.15, -0.1) is 0 Å². The predicted octanol–water partition coefficient (Wildman–Crippen LogP) is 1.51. The van der Waals surface area contributed by atoms with Crippen molar-refractivity contribution < 1.29 is 9.90 Å². The van der Waals surface area contributed by atoms with Crippen LogP contribution >= 0.6 is 0 Å². The van der Waals surface area contributed by atoms with Crippen molar-refractivity contribution in [3.63, 3.8) is 0 Å². The molecule has 4 heterocycles. The highest BCUT2D eigenvalue weighted by Gasteiger charge is 2.47. The maximum absolute atomic E-state index is 11.6. The van der Waals surface area contributed by atoms with Crippen molar-refractivity contribution in [3.05, 3.63) is 12.7 Å². The fourth-order valence-electron chi connectivity index (χ4n) is 4.46. The Morgan fingerprint density at radius 1 is 1.36 bits per heavy atom. The molecule has 25 heavy (non-hydrogen) atoms. The molecule has 4 rings (SSSR count). The Hall–Kier alpha value is -2.22. The van der Waals surface area contributed by atoms with Gasteiger partial charge in [0, 0.05) is 19.6 Å². The average Bonchev–Trinajstić information content (AvgIpc) is 3.21. The van der Waals surface area contributed by atoms with Crippen LogP contribution in [0.25, 0.3) is 11.2 Å². The number of carbonyl (C=O) groups is 1. The number of carboxylic acid groups (broad SMARTS) is 1. The molecule has 2 fully saturated rings. The zero-order chi connectivity index (χ0) is 17.4. The van der Waals surface area contributed by atoms with E-state index >= 15 is 0 Å². The Balaban J connectivity index is 1.50. The van der Waals surface area contributed by atoms with Crippen LogP contribution in [0.3, 0.4) is 0 Å². The van der Waals surface area contributed by atoms with E-state index in [4.69, 9.17) is 0 Å². The Bertz CT molecular complexity index is 767. The van der Waals surface area contributed by atoms with Gasteiger partial charge in [-0.05, 0) is 37.6 Å². The summed E-state index contributed by atoms with van der Waals surface area (Å²) < 4.78 is 0. The minimum atomic E-state index is -0.678. The zero-order valence-electron chi connectivity index (χ0n) is 14.5. The number of hydrogen-bond donors (Lipinski definition) is 2. The van der Waals surface area contributed by atoms with Crippen molar-refractivity contribution >= 4 is 23.0 Å². The molecular weight excluding hydrogens is 320 g/mol. The molecule has 0 radical (unpaired) electrons. The van der Waals surface area contributed by atoms with Gasteiger partial charge in [0.15, 0.2) is 11.5 Å². The van der Waals surface area contributed by atoms with Gasteiger partial charge in [-0.3, -0.25) is 9.69 Å². The zero-order valence-corrected chi connectivity index (χ0v) is 14.5. The number of likely N-dealkylation sites (tertiary alicyclic amines) is 1. The molecule has 2 saturated heterocycles. The maximum atomic E-state index is 11.6. The molecule has 0 amide bonds. The Labute approximate surface area is 146 Å². The second-order valence-electron chi connectivity index (χ2n) is 7.31. The SMILES string of the molecule is CCCN1CC2(CCN(c3ncnc4nc[nH]c34)CC2)C[C@H]1C(=O)O. The van der Waals surface area contributed by atoms with Crippen LogP contribution in [0.2, 0.25) is 0 Å². The van der Waals surface area contributed by atoms with Crippen molar-refractivity contribution in [2.24, 2.45) is 5.41 Å². The first-order chi connectivity index (χ1) is 12.1. The molecule has 134 valence electrons. The summed E-state index contributed by atoms with van der Waals surface area (Å²) in [6.45, 7) is 5.64. The Morgan fingerprint density at radius 3 is 2.88 bits per heavy atom. The van der Waals surface area contributed by atoms with Gasteiger partial charge in [0.2, 0.25) is 0 Å². The van der Waals surface area contributed by atoms with E-state index in [1.54, 1.807) is 12.7 Å². The quantitative estimate of drug-likeness (QED) is 0.867. The Kier molecular flexibility index (Phi) is 4.07. The number of H-pyrrole nitrogens is 1. The number of rotatable bonds is 4. The first-order valence-corrected chi connectivity index (χ1v) is 8.98. The normalized spacial score (nSPS) is 23.6. The summed E-state index contributed by atoms with van der Waals surface area (Å²) in [5.74, 6) is 0.221. The summed E-state index contributed by atoms with van der Waals surface area (Å²) in [5.41, 5.74) is 1.68. The number of aromatic nitrogens is 4. The van der Waals surface area contributed by atoms with Crippen molar-refractivity contribution in [1.82, 2.24) is 24.8 Å². The van der Waals surface area contributed by atoms with E-state index < -0.39 is 5.97 Å². The summed E-state index contributed by atoms with van der Waals surface area (Å²) in [5, 5.41) is 9.57. The highest BCUT2D eigenvalue weighted by Crippen LogP contribution is 2.44. The van der Waals surface area contributed by atoms with Crippen LogP contribution in [-0.4, -0.2) is 68.1 Å². The van der Waals surface area contributed by atoms with Gasteiger partial charge in [-0.1, -0.05) is 6.92 Å². The molecule has 0 aromatic carbocycles. The summed E-state index contributed by atoms with van der Waals surface area (Å²) in [6.07, 6.45) is 6.95. The molecule has 0 saturated carbocycles. The number of piperidine rings is 1. The standard InChI is InChI=1S/C17H24N6O2/c1-2-5-23-9-17(8-12(23)16(24)25)3-6-22(7-4-17)15-13-14(19-10-18-13)20-11-21-15/h10-12H,2-9H2,1H3,(H,24,25)(H,18,19,20,21)/t12-/m0/s1. The molecule has 2 aromatic heterocycles.